The maximum absolute atomic E-state index is 10.1. The monoisotopic (exact) mass is 342 g/mol. The second kappa shape index (κ2) is 13.8. The largest absolute Gasteiger partial charge is 1.00 e. The number of phosphoric acid groups is 1. The molecule has 0 bridgehead atoms. The second-order valence-electron chi connectivity index (χ2n) is 3.06. The molecule has 0 aromatic rings. The molecular formula is C6H10Na3O10P. The fraction of sp³-hybridized carbons (Fsp3) is 0.833. The summed E-state index contributed by atoms with van der Waals surface area (Å²) in [7, 11) is -5.38. The molecule has 0 spiro atoms. The summed E-state index contributed by atoms with van der Waals surface area (Å²) in [6.07, 6.45) is -9.16. The first-order valence-electron chi connectivity index (χ1n) is 4.16. The number of carbonyl (C=O) groups excluding carboxylic acids is 1. The van der Waals surface area contributed by atoms with Crippen LogP contribution in [0.4, 0.5) is 0 Å². The average molecular weight is 342 g/mol. The molecule has 0 saturated carbocycles. The Balaban J connectivity index is -0.000000427. The van der Waals surface area contributed by atoms with E-state index < -0.39 is 44.8 Å². The first kappa shape index (κ1) is 30.3. The summed E-state index contributed by atoms with van der Waals surface area (Å²) in [5.41, 5.74) is 0. The Morgan fingerprint density at radius 3 is 1.75 bits per heavy atom. The maximum atomic E-state index is 10.1. The molecule has 0 amide bonds. The molecule has 0 rings (SSSR count). The van der Waals surface area contributed by atoms with E-state index in [9.17, 15) is 24.3 Å². The topological polar surface area (TPSA) is 193 Å². The van der Waals surface area contributed by atoms with Crippen LogP contribution in [0.2, 0.25) is 0 Å². The zero-order valence-electron chi connectivity index (χ0n) is 11.2. The molecule has 4 unspecified atom stereocenters. The molecule has 0 aliphatic rings. The van der Waals surface area contributed by atoms with Gasteiger partial charge in [-0.3, -0.25) is 0 Å². The molecule has 4 atom stereocenters. The van der Waals surface area contributed by atoms with Gasteiger partial charge in [0, 0.05) is 0 Å². The quantitative estimate of drug-likeness (QED) is 0.255. The van der Waals surface area contributed by atoms with Crippen molar-refractivity contribution in [1.82, 2.24) is 0 Å². The Hall–Kier alpha value is 2.42. The fourth-order valence-corrected chi connectivity index (χ4v) is 1.16. The van der Waals surface area contributed by atoms with E-state index in [4.69, 9.17) is 20.4 Å². The van der Waals surface area contributed by atoms with Crippen LogP contribution in [0.25, 0.3) is 0 Å². The molecule has 0 heterocycles. The summed E-state index contributed by atoms with van der Waals surface area (Å²) in [5, 5.41) is 45.9. The van der Waals surface area contributed by atoms with Crippen molar-refractivity contribution in [2.45, 2.75) is 24.4 Å². The summed E-state index contributed by atoms with van der Waals surface area (Å²) in [6.45, 7) is -1.19. The molecule has 0 aromatic heterocycles. The van der Waals surface area contributed by atoms with E-state index in [0.29, 0.717) is 0 Å². The van der Waals surface area contributed by atoms with E-state index in [1.54, 1.807) is 0 Å². The van der Waals surface area contributed by atoms with Crippen molar-refractivity contribution in [3.05, 3.63) is 0 Å². The number of carboxylic acids is 1. The van der Waals surface area contributed by atoms with Gasteiger partial charge in [-0.25, -0.2) is 0 Å². The van der Waals surface area contributed by atoms with Crippen LogP contribution in [0.15, 0.2) is 0 Å². The van der Waals surface area contributed by atoms with Crippen molar-refractivity contribution < 1.29 is 138 Å². The van der Waals surface area contributed by atoms with Crippen molar-refractivity contribution in [3.8, 4) is 0 Å². The van der Waals surface area contributed by atoms with Gasteiger partial charge in [-0.1, -0.05) is 0 Å². The summed E-state index contributed by atoms with van der Waals surface area (Å²) in [6, 6.07) is 0. The minimum Gasteiger partial charge on any atom is -0.790 e. The van der Waals surface area contributed by atoms with Gasteiger partial charge in [-0.2, -0.15) is 0 Å². The normalized spacial score (nSPS) is 16.5. The van der Waals surface area contributed by atoms with Crippen LogP contribution >= 0.6 is 7.82 Å². The van der Waals surface area contributed by atoms with Crippen LogP contribution in [0.1, 0.15) is 0 Å². The molecule has 4 N–H and O–H groups in total. The number of aliphatic hydroxyl groups excluding tert-OH is 4. The van der Waals surface area contributed by atoms with Gasteiger partial charge in [0.15, 0.2) is 0 Å². The van der Waals surface area contributed by atoms with E-state index >= 15 is 0 Å². The van der Waals surface area contributed by atoms with E-state index in [1.807, 2.05) is 0 Å². The Morgan fingerprint density at radius 2 is 1.45 bits per heavy atom. The van der Waals surface area contributed by atoms with Crippen LogP contribution in [-0.4, -0.2) is 57.4 Å². The summed E-state index contributed by atoms with van der Waals surface area (Å²) in [5.74, 6) is -2.11. The van der Waals surface area contributed by atoms with Gasteiger partial charge >= 0.3 is 88.7 Å². The van der Waals surface area contributed by atoms with Gasteiger partial charge in [-0.15, -0.1) is 0 Å². The minimum atomic E-state index is -5.38. The standard InChI is InChI=1S/C6H13O10P.3Na/c7-2(1-16-17(13,14)15)3(8)4(9)5(10)6(11)12;;;/h2-5,7-10H,1H2,(H,11,12)(H2,13,14,15);;;/q;3*+1/p-3. The number of aliphatic hydroxyl groups is 4. The van der Waals surface area contributed by atoms with Crippen molar-refractivity contribution in [2.24, 2.45) is 0 Å². The molecule has 0 saturated heterocycles. The third kappa shape index (κ3) is 12.9. The zero-order chi connectivity index (χ0) is 13.8. The third-order valence-corrected chi connectivity index (χ3v) is 2.18. The zero-order valence-corrected chi connectivity index (χ0v) is 18.1. The first-order valence-corrected chi connectivity index (χ1v) is 5.62. The van der Waals surface area contributed by atoms with Crippen molar-refractivity contribution in [3.63, 3.8) is 0 Å². The van der Waals surface area contributed by atoms with Crippen LogP contribution in [-0.2, 0) is 13.9 Å². The van der Waals surface area contributed by atoms with Crippen LogP contribution in [0, 0.1) is 0 Å². The predicted octanol–water partition coefficient (Wildman–Crippen LogP) is -15.0. The second-order valence-corrected chi connectivity index (χ2v) is 4.21. The molecule has 10 nitrogen and oxygen atoms in total. The first-order chi connectivity index (χ1) is 7.56. The molecule has 102 valence electrons. The molecule has 0 radical (unpaired) electrons. The average Bonchev–Trinajstić information content (AvgIpc) is 2.21. The van der Waals surface area contributed by atoms with Gasteiger partial charge in [0.2, 0.25) is 0 Å². The Bertz CT molecular complexity index is 311. The Kier molecular flexibility index (Phi) is 21.0. The van der Waals surface area contributed by atoms with E-state index in [2.05, 4.69) is 4.52 Å². The summed E-state index contributed by atoms with van der Waals surface area (Å²) < 4.78 is 13.6. The van der Waals surface area contributed by atoms with Crippen molar-refractivity contribution >= 4 is 13.8 Å². The van der Waals surface area contributed by atoms with Gasteiger partial charge in [-0.05, 0) is 0 Å². The van der Waals surface area contributed by atoms with Crippen molar-refractivity contribution in [2.75, 3.05) is 6.61 Å². The maximum Gasteiger partial charge on any atom is 1.00 e. The molecule has 0 aliphatic heterocycles. The smallest absolute Gasteiger partial charge is 0.790 e. The molecular weight excluding hydrogens is 332 g/mol. The van der Waals surface area contributed by atoms with E-state index in [1.165, 1.54) is 0 Å². The minimum absolute atomic E-state index is 0. The number of carboxylic acid groups (broad SMARTS) is 1. The number of aliphatic carboxylic acids is 1. The molecule has 20 heavy (non-hydrogen) atoms. The Labute approximate surface area is 180 Å². The van der Waals surface area contributed by atoms with E-state index in [-0.39, 0.29) is 88.7 Å². The molecule has 0 fully saturated rings. The SMILES string of the molecule is O=C([O-])C(O)C(O)C(O)C(O)COP(=O)([O-])[O-].[Na+].[Na+].[Na+]. The number of hydrogen-bond acceptors (Lipinski definition) is 10. The fourth-order valence-electron chi connectivity index (χ4n) is 0.820. The predicted molar refractivity (Wildman–Crippen MR) is 42.6 cm³/mol. The van der Waals surface area contributed by atoms with Crippen LogP contribution in [0.3, 0.4) is 0 Å². The van der Waals surface area contributed by atoms with Gasteiger partial charge in [0.05, 0.1) is 20.4 Å². The van der Waals surface area contributed by atoms with Crippen LogP contribution in [0.5, 0.6) is 0 Å². The molecule has 0 aromatic carbocycles. The number of hydrogen-bond donors (Lipinski definition) is 4. The Morgan fingerprint density at radius 1 is 1.05 bits per heavy atom. The summed E-state index contributed by atoms with van der Waals surface area (Å²) in [4.78, 5) is 30.1. The van der Waals surface area contributed by atoms with Crippen molar-refractivity contribution in [1.29, 1.82) is 0 Å². The number of carbonyl (C=O) groups is 1. The van der Waals surface area contributed by atoms with Gasteiger partial charge < -0.3 is 49.2 Å². The molecule has 0 aliphatic carbocycles. The third-order valence-electron chi connectivity index (χ3n) is 1.71. The van der Waals surface area contributed by atoms with E-state index in [0.717, 1.165) is 0 Å². The molecule has 14 heteroatoms. The van der Waals surface area contributed by atoms with Crippen LogP contribution < -0.4 is 104 Å². The van der Waals surface area contributed by atoms with Gasteiger partial charge in [0.1, 0.15) is 24.4 Å². The number of rotatable bonds is 7. The van der Waals surface area contributed by atoms with Gasteiger partial charge in [0.25, 0.3) is 0 Å². The summed E-state index contributed by atoms with van der Waals surface area (Å²) >= 11 is 0. The number of phosphoric ester groups is 1.